The van der Waals surface area contributed by atoms with Gasteiger partial charge in [-0.1, -0.05) is 11.6 Å². The molecule has 0 aliphatic rings. The molecule has 4 N–H and O–H groups in total. The lowest BCUT2D eigenvalue weighted by Gasteiger charge is -2.20. The van der Waals surface area contributed by atoms with E-state index >= 15 is 0 Å². The van der Waals surface area contributed by atoms with Crippen molar-refractivity contribution in [1.29, 1.82) is 0 Å². The molecule has 0 atom stereocenters. The second-order valence-corrected chi connectivity index (χ2v) is 4.62. The molecule has 0 bridgehead atoms. The first kappa shape index (κ1) is 17.2. The number of nitrogens with two attached hydrogens (primary N) is 1. The van der Waals surface area contributed by atoms with Crippen LogP contribution in [-0.4, -0.2) is 40.5 Å². The van der Waals surface area contributed by atoms with Crippen LogP contribution in [0.5, 0.6) is 0 Å². The van der Waals surface area contributed by atoms with Gasteiger partial charge in [0, 0.05) is 31.3 Å². The summed E-state index contributed by atoms with van der Waals surface area (Å²) in [4.78, 5) is 24.1. The predicted octanol–water partition coefficient (Wildman–Crippen LogP) is 1.38. The molecule has 1 aromatic carbocycles. The van der Waals surface area contributed by atoms with Gasteiger partial charge in [-0.15, -0.1) is 0 Å². The maximum Gasteiger partial charge on any atom is 0.295 e. The second kappa shape index (κ2) is 7.77. The average Bonchev–Trinajstić information content (AvgIpc) is 2.46. The minimum atomic E-state index is -0.665. The average molecular weight is 317 g/mol. The number of halogens is 1. The third kappa shape index (κ3) is 4.03. The van der Waals surface area contributed by atoms with Crippen LogP contribution >= 0.6 is 11.6 Å². The zero-order valence-corrected chi connectivity index (χ0v) is 12.3. The molecule has 0 saturated heterocycles. The summed E-state index contributed by atoms with van der Waals surface area (Å²) in [6.45, 7) is 2.51. The van der Waals surface area contributed by atoms with Crippen molar-refractivity contribution < 1.29 is 14.8 Å². The van der Waals surface area contributed by atoms with Gasteiger partial charge in [0.25, 0.3) is 11.6 Å². The minimum absolute atomic E-state index is 0.00624. The van der Waals surface area contributed by atoms with E-state index in [-0.39, 0.29) is 34.5 Å². The molecule has 0 aliphatic carbocycles. The molecule has 9 heteroatoms. The Morgan fingerprint density at radius 2 is 2.24 bits per heavy atom. The van der Waals surface area contributed by atoms with Crippen molar-refractivity contribution in [1.82, 2.24) is 4.90 Å². The molecule has 0 radical (unpaired) electrons. The smallest absolute Gasteiger partial charge is 0.295 e. The van der Waals surface area contributed by atoms with Gasteiger partial charge >= 0.3 is 0 Å². The number of nitrogens with one attached hydrogen (secondary N) is 1. The van der Waals surface area contributed by atoms with E-state index in [0.29, 0.717) is 19.5 Å². The number of nitro groups is 1. The summed E-state index contributed by atoms with van der Waals surface area (Å²) in [5, 5.41) is 19.8. The number of nitrogen functional groups attached to an aromatic ring is 1. The number of hydrogen-bond acceptors (Lipinski definition) is 6. The Labute approximate surface area is 126 Å². The Hall–Kier alpha value is -1.90. The van der Waals surface area contributed by atoms with Gasteiger partial charge in [-0.25, -0.2) is 0 Å². The lowest BCUT2D eigenvalue weighted by atomic mass is 10.1. The highest BCUT2D eigenvalue weighted by Gasteiger charge is 2.23. The number of hydrogen-bond donors (Lipinski definition) is 3. The standard InChI is InChI=1S/C12H17ClN4O4/c1-2-16(4-3-5-18)12(19)8-6-9(13)11(15-14)10(7-8)17(20)21/h6-7,15,18H,2-5,14H2,1H3. The summed E-state index contributed by atoms with van der Waals surface area (Å²) < 4.78 is 0. The number of amides is 1. The fraction of sp³-hybridized carbons (Fsp3) is 0.417. The molecule has 0 saturated carbocycles. The second-order valence-electron chi connectivity index (χ2n) is 4.22. The first-order chi connectivity index (χ1) is 9.96. The summed E-state index contributed by atoms with van der Waals surface area (Å²) in [5.74, 6) is 4.82. The lowest BCUT2D eigenvalue weighted by molar-refractivity contribution is -0.384. The molecular formula is C12H17ClN4O4. The Kier molecular flexibility index (Phi) is 6.35. The van der Waals surface area contributed by atoms with Crippen molar-refractivity contribution in [3.8, 4) is 0 Å². The van der Waals surface area contributed by atoms with Crippen molar-refractivity contribution in [3.63, 3.8) is 0 Å². The number of nitrogens with zero attached hydrogens (tertiary/aromatic N) is 2. The topological polar surface area (TPSA) is 122 Å². The van der Waals surface area contributed by atoms with Crippen LogP contribution in [-0.2, 0) is 0 Å². The Morgan fingerprint density at radius 3 is 2.71 bits per heavy atom. The van der Waals surface area contributed by atoms with Gasteiger partial charge in [0.2, 0.25) is 0 Å². The minimum Gasteiger partial charge on any atom is -0.396 e. The fourth-order valence-electron chi connectivity index (χ4n) is 1.85. The Balaban J connectivity index is 3.18. The normalized spacial score (nSPS) is 10.3. The summed E-state index contributed by atoms with van der Waals surface area (Å²) >= 11 is 5.92. The monoisotopic (exact) mass is 316 g/mol. The Bertz CT molecular complexity index is 538. The molecule has 0 heterocycles. The quantitative estimate of drug-likeness (QED) is 0.397. The third-order valence-corrected chi connectivity index (χ3v) is 3.21. The molecule has 21 heavy (non-hydrogen) atoms. The van der Waals surface area contributed by atoms with Crippen molar-refractivity contribution in [2.45, 2.75) is 13.3 Å². The van der Waals surface area contributed by atoms with Crippen LogP contribution in [0.15, 0.2) is 12.1 Å². The maximum atomic E-state index is 12.3. The van der Waals surface area contributed by atoms with Gasteiger partial charge in [-0.3, -0.25) is 20.8 Å². The maximum absolute atomic E-state index is 12.3. The van der Waals surface area contributed by atoms with Crippen LogP contribution in [0, 0.1) is 10.1 Å². The van der Waals surface area contributed by atoms with Gasteiger partial charge in [-0.05, 0) is 19.4 Å². The molecule has 0 aromatic heterocycles. The van der Waals surface area contributed by atoms with E-state index in [1.165, 1.54) is 11.0 Å². The number of carbonyl (C=O) groups excluding carboxylic acids is 1. The number of hydrazine groups is 1. The summed E-state index contributed by atoms with van der Waals surface area (Å²) in [6, 6.07) is 2.46. The van der Waals surface area contributed by atoms with E-state index in [4.69, 9.17) is 22.6 Å². The van der Waals surface area contributed by atoms with Crippen LogP contribution in [0.3, 0.4) is 0 Å². The molecular weight excluding hydrogens is 300 g/mol. The van der Waals surface area contributed by atoms with Crippen molar-refractivity contribution in [2.75, 3.05) is 25.1 Å². The summed E-state index contributed by atoms with van der Waals surface area (Å²) in [7, 11) is 0. The van der Waals surface area contributed by atoms with E-state index in [1.54, 1.807) is 6.92 Å². The van der Waals surface area contributed by atoms with Gasteiger partial charge < -0.3 is 15.4 Å². The van der Waals surface area contributed by atoms with Crippen LogP contribution in [0.2, 0.25) is 5.02 Å². The highest BCUT2D eigenvalue weighted by Crippen LogP contribution is 2.33. The van der Waals surface area contributed by atoms with Crippen molar-refractivity contribution >= 4 is 28.9 Å². The highest BCUT2D eigenvalue weighted by molar-refractivity contribution is 6.34. The first-order valence-electron chi connectivity index (χ1n) is 6.30. The summed E-state index contributed by atoms with van der Waals surface area (Å²) in [6.07, 6.45) is 0.428. The van der Waals surface area contributed by atoms with Crippen LogP contribution in [0.4, 0.5) is 11.4 Å². The third-order valence-electron chi connectivity index (χ3n) is 2.91. The summed E-state index contributed by atoms with van der Waals surface area (Å²) in [5.41, 5.74) is 1.85. The molecule has 0 unspecified atom stereocenters. The molecule has 1 amide bonds. The number of anilines is 1. The van der Waals surface area contributed by atoms with Gasteiger partial charge in [-0.2, -0.15) is 0 Å². The molecule has 0 spiro atoms. The number of carbonyl (C=O) groups is 1. The van der Waals surface area contributed by atoms with Crippen molar-refractivity contribution in [2.24, 2.45) is 5.84 Å². The van der Waals surface area contributed by atoms with Crippen LogP contribution in [0.1, 0.15) is 23.7 Å². The van der Waals surface area contributed by atoms with Gasteiger partial charge in [0.15, 0.2) is 0 Å². The molecule has 8 nitrogen and oxygen atoms in total. The van der Waals surface area contributed by atoms with E-state index < -0.39 is 4.92 Å². The molecule has 116 valence electrons. The highest BCUT2D eigenvalue weighted by atomic mass is 35.5. The van der Waals surface area contributed by atoms with Crippen LogP contribution in [0.25, 0.3) is 0 Å². The van der Waals surface area contributed by atoms with E-state index in [0.717, 1.165) is 6.07 Å². The Morgan fingerprint density at radius 1 is 1.57 bits per heavy atom. The SMILES string of the molecule is CCN(CCCO)C(=O)c1cc(Cl)c(NN)c([N+](=O)[O-])c1. The largest absolute Gasteiger partial charge is 0.396 e. The number of aliphatic hydroxyl groups is 1. The van der Waals surface area contributed by atoms with Gasteiger partial charge in [0.1, 0.15) is 5.69 Å². The number of aliphatic hydroxyl groups excluding tert-OH is 1. The lowest BCUT2D eigenvalue weighted by Crippen LogP contribution is -2.32. The molecule has 0 aliphatic heterocycles. The number of benzene rings is 1. The predicted molar refractivity (Wildman–Crippen MR) is 79.2 cm³/mol. The number of nitro benzene ring substituents is 1. The van der Waals surface area contributed by atoms with Crippen molar-refractivity contribution in [3.05, 3.63) is 32.8 Å². The van der Waals surface area contributed by atoms with E-state index in [1.807, 2.05) is 0 Å². The van der Waals surface area contributed by atoms with Gasteiger partial charge in [0.05, 0.1) is 9.95 Å². The first-order valence-corrected chi connectivity index (χ1v) is 6.68. The van der Waals surface area contributed by atoms with Crippen LogP contribution < -0.4 is 11.3 Å². The zero-order valence-electron chi connectivity index (χ0n) is 11.5. The molecule has 1 aromatic rings. The van der Waals surface area contributed by atoms with E-state index in [2.05, 4.69) is 5.43 Å². The zero-order chi connectivity index (χ0) is 16.0. The van der Waals surface area contributed by atoms with E-state index in [9.17, 15) is 14.9 Å². The fourth-order valence-corrected chi connectivity index (χ4v) is 2.12. The number of rotatable bonds is 7. The molecule has 1 rings (SSSR count). The molecule has 0 fully saturated rings.